The van der Waals surface area contributed by atoms with Crippen molar-refractivity contribution in [2.45, 2.75) is 0 Å². The molecule has 0 radical (unpaired) electrons. The van der Waals surface area contributed by atoms with Crippen molar-refractivity contribution in [2.75, 3.05) is 0 Å². The van der Waals surface area contributed by atoms with Crippen molar-refractivity contribution in [3.63, 3.8) is 0 Å². The molecule has 0 unspecified atom stereocenters. The minimum atomic E-state index is 0.760. The highest BCUT2D eigenvalue weighted by Gasteiger charge is 2.14. The summed E-state index contributed by atoms with van der Waals surface area (Å²) in [5.41, 5.74) is 3.55. The minimum absolute atomic E-state index is 0.760. The van der Waals surface area contributed by atoms with Crippen molar-refractivity contribution < 1.29 is 5.43 Å². The molecular formula is C13H11N8+. The summed E-state index contributed by atoms with van der Waals surface area (Å²) in [5.74, 6) is 0.766. The summed E-state index contributed by atoms with van der Waals surface area (Å²) in [5, 5.41) is 12.8. The lowest BCUT2D eigenvalue weighted by molar-refractivity contribution is -0.634. The first-order valence-electron chi connectivity index (χ1n) is 6.35. The summed E-state index contributed by atoms with van der Waals surface area (Å²) in [6, 6.07) is 9.87. The van der Waals surface area contributed by atoms with Crippen LogP contribution in [0.1, 0.15) is 0 Å². The largest absolute Gasteiger partial charge is 0.263 e. The molecule has 0 saturated carbocycles. The van der Waals surface area contributed by atoms with Crippen LogP contribution in [-0.4, -0.2) is 34.6 Å². The first-order chi connectivity index (χ1) is 10.4. The summed E-state index contributed by atoms with van der Waals surface area (Å²) < 4.78 is 3.53. The van der Waals surface area contributed by atoms with E-state index in [1.165, 1.54) is 6.33 Å². The Morgan fingerprint density at radius 2 is 1.76 bits per heavy atom. The zero-order valence-electron chi connectivity index (χ0n) is 10.9. The molecule has 0 bridgehead atoms. The number of benzene rings is 1. The van der Waals surface area contributed by atoms with Crippen molar-refractivity contribution in [2.24, 2.45) is 0 Å². The van der Waals surface area contributed by atoms with E-state index in [2.05, 4.69) is 25.3 Å². The second-order valence-corrected chi connectivity index (χ2v) is 4.43. The molecule has 0 amide bonds. The summed E-state index contributed by atoms with van der Waals surface area (Å²) in [6.45, 7) is 0. The molecule has 4 aromatic rings. The van der Waals surface area contributed by atoms with Gasteiger partial charge in [0.2, 0.25) is 0 Å². The molecule has 0 atom stereocenters. The maximum absolute atomic E-state index is 4.41. The number of aromatic nitrogens is 7. The molecule has 1 aromatic carbocycles. The van der Waals surface area contributed by atoms with E-state index in [1.807, 2.05) is 35.8 Å². The molecule has 3 heterocycles. The van der Waals surface area contributed by atoms with Crippen LogP contribution < -0.4 is 5.43 Å². The Bertz CT molecular complexity index is 866. The van der Waals surface area contributed by atoms with Gasteiger partial charge in [0.15, 0.2) is 18.3 Å². The zero-order valence-corrected chi connectivity index (χ0v) is 10.9. The monoisotopic (exact) mass is 279 g/mol. The first kappa shape index (κ1) is 11.7. The Labute approximate surface area is 119 Å². The molecular weight excluding hydrogens is 268 g/mol. The van der Waals surface area contributed by atoms with Crippen LogP contribution in [0.25, 0.3) is 16.7 Å². The molecule has 4 rings (SSSR count). The minimum Gasteiger partial charge on any atom is -0.216 e. The molecule has 3 aromatic heterocycles. The predicted molar refractivity (Wildman–Crippen MR) is 73.7 cm³/mol. The Morgan fingerprint density at radius 1 is 0.952 bits per heavy atom. The highest BCUT2D eigenvalue weighted by Crippen LogP contribution is 2.18. The molecule has 0 fully saturated rings. The fourth-order valence-electron chi connectivity index (χ4n) is 2.14. The van der Waals surface area contributed by atoms with E-state index < -0.39 is 0 Å². The van der Waals surface area contributed by atoms with Gasteiger partial charge >= 0.3 is 0 Å². The van der Waals surface area contributed by atoms with Crippen molar-refractivity contribution in [3.05, 3.63) is 55.5 Å². The Kier molecular flexibility index (Phi) is 2.65. The van der Waals surface area contributed by atoms with Crippen molar-refractivity contribution >= 4 is 16.9 Å². The van der Waals surface area contributed by atoms with Crippen LogP contribution in [0.5, 0.6) is 0 Å². The van der Waals surface area contributed by atoms with Crippen LogP contribution in [-0.2, 0) is 0 Å². The summed E-state index contributed by atoms with van der Waals surface area (Å²) in [6.07, 6.45) is 6.50. The first-order valence-corrected chi connectivity index (χ1v) is 6.35. The maximum Gasteiger partial charge on any atom is 0.263 e. The molecule has 0 aliphatic carbocycles. The average Bonchev–Trinajstić information content (AvgIpc) is 3.18. The van der Waals surface area contributed by atoms with Crippen LogP contribution in [0.15, 0.2) is 55.5 Å². The van der Waals surface area contributed by atoms with Crippen molar-refractivity contribution in [1.29, 1.82) is 0 Å². The molecule has 0 aliphatic heterocycles. The fraction of sp³-hybridized carbons (Fsp3) is 0. The number of nitrogens with zero attached hydrogens (tertiary/aromatic N) is 7. The maximum atomic E-state index is 4.41. The SMILES string of the molecule is c1ccc(-n2ncc3c([NH2+]n4cnnc4)ncnc32)cc1. The van der Waals surface area contributed by atoms with Gasteiger partial charge < -0.3 is 0 Å². The number of hydrogen-bond acceptors (Lipinski definition) is 5. The van der Waals surface area contributed by atoms with Gasteiger partial charge in [-0.15, -0.1) is 10.2 Å². The zero-order chi connectivity index (χ0) is 14.1. The van der Waals surface area contributed by atoms with Crippen LogP contribution in [0.4, 0.5) is 5.82 Å². The molecule has 0 saturated heterocycles. The topological polar surface area (TPSA) is 90.9 Å². The van der Waals surface area contributed by atoms with E-state index in [4.69, 9.17) is 0 Å². The van der Waals surface area contributed by atoms with Gasteiger partial charge in [0.25, 0.3) is 5.82 Å². The van der Waals surface area contributed by atoms with Gasteiger partial charge in [0.1, 0.15) is 11.7 Å². The van der Waals surface area contributed by atoms with Gasteiger partial charge in [-0.05, 0) is 12.1 Å². The van der Waals surface area contributed by atoms with E-state index in [-0.39, 0.29) is 0 Å². The smallest absolute Gasteiger partial charge is 0.216 e. The second-order valence-electron chi connectivity index (χ2n) is 4.43. The Morgan fingerprint density at radius 3 is 2.57 bits per heavy atom. The summed E-state index contributed by atoms with van der Waals surface area (Å²) >= 11 is 0. The normalized spacial score (nSPS) is 11.0. The summed E-state index contributed by atoms with van der Waals surface area (Å²) in [7, 11) is 0. The predicted octanol–water partition coefficient (Wildman–Crippen LogP) is 0.0652. The van der Waals surface area contributed by atoms with Crippen molar-refractivity contribution in [3.8, 4) is 5.69 Å². The van der Waals surface area contributed by atoms with Gasteiger partial charge in [-0.1, -0.05) is 18.2 Å². The lowest BCUT2D eigenvalue weighted by Gasteiger charge is -2.02. The molecule has 2 N–H and O–H groups in total. The Balaban J connectivity index is 1.83. The van der Waals surface area contributed by atoms with Crippen LogP contribution in [0.2, 0.25) is 0 Å². The third kappa shape index (κ3) is 2.03. The van der Waals surface area contributed by atoms with Gasteiger partial charge in [0.05, 0.1) is 11.9 Å². The van der Waals surface area contributed by atoms with Gasteiger partial charge in [0, 0.05) is 0 Å². The molecule has 102 valence electrons. The molecule has 0 aliphatic rings. The van der Waals surface area contributed by atoms with Crippen LogP contribution in [0.3, 0.4) is 0 Å². The molecule has 0 spiro atoms. The fourth-order valence-corrected chi connectivity index (χ4v) is 2.14. The Hall–Kier alpha value is -3.13. The highest BCUT2D eigenvalue weighted by atomic mass is 15.5. The molecule has 21 heavy (non-hydrogen) atoms. The van der Waals surface area contributed by atoms with E-state index in [9.17, 15) is 0 Å². The number of rotatable bonds is 3. The van der Waals surface area contributed by atoms with E-state index >= 15 is 0 Å². The van der Waals surface area contributed by atoms with E-state index in [0.717, 1.165) is 22.5 Å². The quantitative estimate of drug-likeness (QED) is 0.536. The highest BCUT2D eigenvalue weighted by molar-refractivity contribution is 5.83. The lowest BCUT2D eigenvalue weighted by atomic mass is 10.3. The lowest BCUT2D eigenvalue weighted by Crippen LogP contribution is -2.81. The average molecular weight is 279 g/mol. The standard InChI is InChI=1S/C13H10N8/c1-2-4-10(5-3-1)21-13-11(6-18-21)12(14-7-15-13)19-20-8-16-17-9-20/h1-9H,(H,14,15,19)/p+1. The third-order valence-electron chi connectivity index (χ3n) is 3.11. The number of nitrogens with two attached hydrogens (primary N) is 1. The number of hydrogen-bond donors (Lipinski definition) is 1. The van der Waals surface area contributed by atoms with Crippen LogP contribution >= 0.6 is 0 Å². The van der Waals surface area contributed by atoms with E-state index in [0.29, 0.717) is 0 Å². The van der Waals surface area contributed by atoms with Gasteiger partial charge in [-0.3, -0.25) is 0 Å². The summed E-state index contributed by atoms with van der Waals surface area (Å²) in [4.78, 5) is 8.63. The van der Waals surface area contributed by atoms with Gasteiger partial charge in [-0.2, -0.15) is 20.2 Å². The third-order valence-corrected chi connectivity index (χ3v) is 3.11. The molecule has 8 nitrogen and oxygen atoms in total. The van der Waals surface area contributed by atoms with E-state index in [1.54, 1.807) is 28.2 Å². The molecule has 8 heteroatoms. The second kappa shape index (κ2) is 4.76. The number of quaternary nitrogens is 1. The number of fused-ring (bicyclic) bond motifs is 1. The number of para-hydroxylation sites is 1. The van der Waals surface area contributed by atoms with Crippen molar-refractivity contribution in [1.82, 2.24) is 34.6 Å². The van der Waals surface area contributed by atoms with Gasteiger partial charge in [-0.25, -0.2) is 9.67 Å². The van der Waals surface area contributed by atoms with Crippen LogP contribution in [0, 0.1) is 0 Å².